The molecule has 90 valence electrons. The van der Waals surface area contributed by atoms with E-state index in [-0.39, 0.29) is 0 Å². The highest BCUT2D eigenvalue weighted by molar-refractivity contribution is 9.10. The molecular formula is C16H13BrO. The minimum Gasteiger partial charge on any atom is -0.456 e. The average Bonchev–Trinajstić information content (AvgIpc) is 2.81. The van der Waals surface area contributed by atoms with Crippen molar-refractivity contribution in [2.24, 2.45) is 0 Å². The van der Waals surface area contributed by atoms with Gasteiger partial charge in [0.2, 0.25) is 0 Å². The molecule has 0 unspecified atom stereocenters. The van der Waals surface area contributed by atoms with Crippen molar-refractivity contribution in [3.63, 3.8) is 0 Å². The minimum absolute atomic E-state index is 0.922. The molecule has 0 aliphatic carbocycles. The Morgan fingerprint density at radius 1 is 1.06 bits per heavy atom. The zero-order valence-electron chi connectivity index (χ0n) is 10.1. The van der Waals surface area contributed by atoms with E-state index in [9.17, 15) is 0 Å². The molecule has 0 saturated heterocycles. The van der Waals surface area contributed by atoms with Crippen molar-refractivity contribution >= 4 is 26.9 Å². The maximum atomic E-state index is 5.95. The topological polar surface area (TPSA) is 13.1 Å². The second-order valence-electron chi connectivity index (χ2n) is 4.30. The third-order valence-electron chi connectivity index (χ3n) is 3.15. The van der Waals surface area contributed by atoms with Gasteiger partial charge in [-0.15, -0.1) is 0 Å². The van der Waals surface area contributed by atoms with E-state index in [1.165, 1.54) is 11.1 Å². The highest BCUT2D eigenvalue weighted by Crippen LogP contribution is 2.31. The Hall–Kier alpha value is -1.54. The third kappa shape index (κ3) is 1.97. The van der Waals surface area contributed by atoms with Crippen molar-refractivity contribution in [3.05, 3.63) is 58.6 Å². The number of hydrogen-bond donors (Lipinski definition) is 0. The molecule has 2 aromatic carbocycles. The first-order valence-electron chi connectivity index (χ1n) is 6.05. The van der Waals surface area contributed by atoms with Gasteiger partial charge in [-0.3, -0.25) is 0 Å². The fourth-order valence-electron chi connectivity index (χ4n) is 2.21. The van der Waals surface area contributed by atoms with Crippen LogP contribution in [0.1, 0.15) is 12.5 Å². The molecule has 0 atom stereocenters. The van der Waals surface area contributed by atoms with E-state index in [0.717, 1.165) is 27.6 Å². The van der Waals surface area contributed by atoms with Crippen molar-refractivity contribution in [2.45, 2.75) is 13.3 Å². The molecule has 0 saturated carbocycles. The van der Waals surface area contributed by atoms with E-state index in [4.69, 9.17) is 4.42 Å². The molecule has 3 aromatic rings. The summed E-state index contributed by atoms with van der Waals surface area (Å²) in [5, 5.41) is 1.14. The van der Waals surface area contributed by atoms with E-state index in [1.807, 2.05) is 12.1 Å². The maximum absolute atomic E-state index is 5.95. The van der Waals surface area contributed by atoms with Gasteiger partial charge in [0.1, 0.15) is 11.3 Å². The predicted molar refractivity (Wildman–Crippen MR) is 78.7 cm³/mol. The lowest BCUT2D eigenvalue weighted by Crippen LogP contribution is -1.84. The molecule has 1 aromatic heterocycles. The van der Waals surface area contributed by atoms with Crippen molar-refractivity contribution in [1.29, 1.82) is 0 Å². The van der Waals surface area contributed by atoms with E-state index < -0.39 is 0 Å². The largest absolute Gasteiger partial charge is 0.456 e. The van der Waals surface area contributed by atoms with Crippen LogP contribution in [0.5, 0.6) is 0 Å². The summed E-state index contributed by atoms with van der Waals surface area (Å²) in [5.41, 5.74) is 3.42. The fraction of sp³-hybridized carbons (Fsp3) is 0.125. The molecule has 0 fully saturated rings. The molecule has 1 nitrogen and oxygen atoms in total. The smallest absolute Gasteiger partial charge is 0.135 e. The molecule has 0 bridgehead atoms. The monoisotopic (exact) mass is 300 g/mol. The van der Waals surface area contributed by atoms with Gasteiger partial charge in [0, 0.05) is 15.4 Å². The second-order valence-corrected chi connectivity index (χ2v) is 5.22. The van der Waals surface area contributed by atoms with Gasteiger partial charge < -0.3 is 4.42 Å². The third-order valence-corrected chi connectivity index (χ3v) is 3.64. The van der Waals surface area contributed by atoms with Crippen molar-refractivity contribution in [2.75, 3.05) is 0 Å². The van der Waals surface area contributed by atoms with Gasteiger partial charge >= 0.3 is 0 Å². The molecular weight excluding hydrogens is 288 g/mol. The molecule has 0 amide bonds. The summed E-state index contributed by atoms with van der Waals surface area (Å²) >= 11 is 3.47. The standard InChI is InChI=1S/C16H13BrO/c1-2-11-5-3-4-6-14(11)16-9-12-7-8-13(17)10-15(12)18-16/h3-10H,2H2,1H3. The molecule has 0 aliphatic heterocycles. The zero-order chi connectivity index (χ0) is 12.5. The molecule has 0 aliphatic rings. The summed E-state index contributed by atoms with van der Waals surface area (Å²) in [4.78, 5) is 0. The molecule has 1 heterocycles. The van der Waals surface area contributed by atoms with E-state index in [2.05, 4.69) is 59.3 Å². The first-order chi connectivity index (χ1) is 8.78. The van der Waals surface area contributed by atoms with Crippen LogP contribution in [0, 0.1) is 0 Å². The lowest BCUT2D eigenvalue weighted by Gasteiger charge is -2.03. The van der Waals surface area contributed by atoms with Crippen molar-refractivity contribution < 1.29 is 4.42 Å². The normalized spacial score (nSPS) is 11.0. The lowest BCUT2D eigenvalue weighted by molar-refractivity contribution is 0.630. The highest BCUT2D eigenvalue weighted by atomic mass is 79.9. The summed E-state index contributed by atoms with van der Waals surface area (Å²) in [6.07, 6.45) is 1.01. The fourth-order valence-corrected chi connectivity index (χ4v) is 2.55. The SMILES string of the molecule is CCc1ccccc1-c1cc2ccc(Br)cc2o1. The Kier molecular flexibility index (Phi) is 2.96. The summed E-state index contributed by atoms with van der Waals surface area (Å²) in [6, 6.07) is 16.6. The van der Waals surface area contributed by atoms with Crippen LogP contribution in [0.2, 0.25) is 0 Å². The summed E-state index contributed by atoms with van der Waals surface area (Å²) in [6.45, 7) is 2.16. The van der Waals surface area contributed by atoms with Crippen LogP contribution in [0.4, 0.5) is 0 Å². The molecule has 2 heteroatoms. The molecule has 0 N–H and O–H groups in total. The zero-order valence-corrected chi connectivity index (χ0v) is 11.7. The first kappa shape index (κ1) is 11.5. The Labute approximate surface area is 115 Å². The van der Waals surface area contributed by atoms with Crippen LogP contribution >= 0.6 is 15.9 Å². The minimum atomic E-state index is 0.922. The van der Waals surface area contributed by atoms with Crippen molar-refractivity contribution in [1.82, 2.24) is 0 Å². The second kappa shape index (κ2) is 4.62. The average molecular weight is 301 g/mol. The van der Waals surface area contributed by atoms with Crippen LogP contribution < -0.4 is 0 Å². The van der Waals surface area contributed by atoms with Crippen LogP contribution in [0.25, 0.3) is 22.3 Å². The van der Waals surface area contributed by atoms with E-state index >= 15 is 0 Å². The van der Waals surface area contributed by atoms with Gasteiger partial charge in [-0.1, -0.05) is 47.1 Å². The number of benzene rings is 2. The number of rotatable bonds is 2. The lowest BCUT2D eigenvalue weighted by atomic mass is 10.0. The van der Waals surface area contributed by atoms with Gasteiger partial charge in [0.05, 0.1) is 0 Å². The number of halogens is 1. The summed E-state index contributed by atoms with van der Waals surface area (Å²) < 4.78 is 6.99. The van der Waals surface area contributed by atoms with Gasteiger partial charge in [0.15, 0.2) is 0 Å². The quantitative estimate of drug-likeness (QED) is 0.615. The van der Waals surface area contributed by atoms with Crippen LogP contribution in [0.3, 0.4) is 0 Å². The Morgan fingerprint density at radius 3 is 2.72 bits per heavy atom. The number of fused-ring (bicyclic) bond motifs is 1. The van der Waals surface area contributed by atoms with Gasteiger partial charge in [0.25, 0.3) is 0 Å². The Morgan fingerprint density at radius 2 is 1.89 bits per heavy atom. The number of furan rings is 1. The van der Waals surface area contributed by atoms with Gasteiger partial charge in [-0.25, -0.2) is 0 Å². The van der Waals surface area contributed by atoms with Gasteiger partial charge in [-0.2, -0.15) is 0 Å². The molecule has 0 spiro atoms. The first-order valence-corrected chi connectivity index (χ1v) is 6.84. The van der Waals surface area contributed by atoms with Crippen molar-refractivity contribution in [3.8, 4) is 11.3 Å². The van der Waals surface area contributed by atoms with Crippen LogP contribution in [-0.4, -0.2) is 0 Å². The Bertz CT molecular complexity index is 697. The van der Waals surface area contributed by atoms with E-state index in [1.54, 1.807) is 0 Å². The highest BCUT2D eigenvalue weighted by Gasteiger charge is 2.09. The van der Waals surface area contributed by atoms with Gasteiger partial charge in [-0.05, 0) is 36.2 Å². The number of hydrogen-bond acceptors (Lipinski definition) is 1. The number of aryl methyl sites for hydroxylation is 1. The van der Waals surface area contributed by atoms with E-state index in [0.29, 0.717) is 0 Å². The molecule has 0 radical (unpaired) electrons. The van der Waals surface area contributed by atoms with Crippen LogP contribution in [0.15, 0.2) is 57.4 Å². The summed E-state index contributed by atoms with van der Waals surface area (Å²) in [7, 11) is 0. The molecule has 3 rings (SSSR count). The molecule has 18 heavy (non-hydrogen) atoms. The van der Waals surface area contributed by atoms with Crippen LogP contribution in [-0.2, 0) is 6.42 Å². The predicted octanol–water partition coefficient (Wildman–Crippen LogP) is 5.42. The summed E-state index contributed by atoms with van der Waals surface area (Å²) in [5.74, 6) is 0.945. The maximum Gasteiger partial charge on any atom is 0.135 e. The Balaban J connectivity index is 2.19.